The molecule has 0 saturated carbocycles. The van der Waals surface area contributed by atoms with Gasteiger partial charge in [-0.05, 0) is 24.3 Å². The van der Waals surface area contributed by atoms with Crippen molar-refractivity contribution in [2.45, 2.75) is 18.1 Å². The van der Waals surface area contributed by atoms with Crippen molar-refractivity contribution in [2.75, 3.05) is 12.9 Å². The lowest BCUT2D eigenvalue weighted by Crippen LogP contribution is -2.09. The van der Waals surface area contributed by atoms with Crippen LogP contribution < -0.4 is 0 Å². The van der Waals surface area contributed by atoms with Crippen LogP contribution in [0.2, 0.25) is 0 Å². The minimum Gasteiger partial charge on any atom is -0.465 e. The minimum atomic E-state index is -4.58. The van der Waals surface area contributed by atoms with E-state index < -0.39 is 27.5 Å². The highest BCUT2D eigenvalue weighted by molar-refractivity contribution is 7.91. The Balaban J connectivity index is 1.97. The van der Waals surface area contributed by atoms with Gasteiger partial charge < -0.3 is 4.74 Å². The smallest absolute Gasteiger partial charge is 0.417 e. The van der Waals surface area contributed by atoms with E-state index in [-0.39, 0.29) is 39.2 Å². The number of nitrogens with zero attached hydrogens (tertiary/aromatic N) is 5. The number of hydrogen-bond donors (Lipinski definition) is 0. The molecule has 0 aliphatic rings. The van der Waals surface area contributed by atoms with Crippen LogP contribution in [-0.2, 0) is 20.8 Å². The minimum absolute atomic E-state index is 0.0788. The third-order valence-electron chi connectivity index (χ3n) is 4.55. The normalized spacial score (nSPS) is 12.5. The van der Waals surface area contributed by atoms with Gasteiger partial charge in [0.05, 0.1) is 24.0 Å². The molecule has 0 N–H and O–H groups in total. The average Bonchev–Trinajstić information content (AvgIpc) is 3.32. The Bertz CT molecular complexity index is 1440. The molecule has 0 saturated heterocycles. The highest BCUT2D eigenvalue weighted by atomic mass is 32.2. The van der Waals surface area contributed by atoms with Crippen molar-refractivity contribution in [1.82, 2.24) is 24.0 Å². The molecule has 0 spiro atoms. The first kappa shape index (κ1) is 20.8. The predicted octanol–water partition coefficient (Wildman–Crippen LogP) is 2.64. The molecule has 4 aromatic heterocycles. The van der Waals surface area contributed by atoms with Crippen LogP contribution in [0.25, 0.3) is 22.8 Å². The van der Waals surface area contributed by atoms with E-state index in [9.17, 15) is 26.4 Å². The maximum absolute atomic E-state index is 13.0. The summed E-state index contributed by atoms with van der Waals surface area (Å²) in [5.74, 6) is -1.08. The molecular formula is C18H14F3N5O4S. The molecular weight excluding hydrogens is 439 g/mol. The predicted molar refractivity (Wildman–Crippen MR) is 101 cm³/mol. The van der Waals surface area contributed by atoms with Gasteiger partial charge in [0.25, 0.3) is 0 Å². The van der Waals surface area contributed by atoms with Crippen LogP contribution in [-0.4, -0.2) is 51.2 Å². The van der Waals surface area contributed by atoms with E-state index in [1.165, 1.54) is 36.8 Å². The van der Waals surface area contributed by atoms with Crippen molar-refractivity contribution < 1.29 is 31.1 Å². The fourth-order valence-corrected chi connectivity index (χ4v) is 4.16. The molecule has 0 amide bonds. The Morgan fingerprint density at radius 1 is 1.16 bits per heavy atom. The zero-order valence-electron chi connectivity index (χ0n) is 16.1. The molecule has 162 valence electrons. The van der Waals surface area contributed by atoms with Gasteiger partial charge in [-0.2, -0.15) is 13.2 Å². The van der Waals surface area contributed by atoms with E-state index in [1.54, 1.807) is 0 Å². The van der Waals surface area contributed by atoms with Crippen molar-refractivity contribution in [3.05, 3.63) is 47.8 Å². The summed E-state index contributed by atoms with van der Waals surface area (Å²) in [7, 11) is -2.65. The van der Waals surface area contributed by atoms with Crippen molar-refractivity contribution in [3.63, 3.8) is 0 Å². The van der Waals surface area contributed by atoms with Gasteiger partial charge in [0.2, 0.25) is 5.82 Å². The quantitative estimate of drug-likeness (QED) is 0.437. The Labute approximate surface area is 173 Å². The monoisotopic (exact) mass is 453 g/mol. The summed E-state index contributed by atoms with van der Waals surface area (Å²) in [5.41, 5.74) is -0.739. The molecule has 9 nitrogen and oxygen atoms in total. The first-order valence-electron chi connectivity index (χ1n) is 8.82. The van der Waals surface area contributed by atoms with Gasteiger partial charge in [-0.1, -0.05) is 6.92 Å². The number of halogens is 3. The standard InChI is InChI=1S/C18H14F3N5O4S/c1-3-31(28,29)16-14(22-13-8-10(17(27)30-2)6-7-25(13)16)15-23-12-5-4-11(18(19,20)21)9-26(12)24-15/h4-9H,3H2,1-2H3. The molecule has 13 heteroatoms. The molecule has 4 heterocycles. The highest BCUT2D eigenvalue weighted by Gasteiger charge is 2.32. The third kappa shape index (κ3) is 3.50. The number of ether oxygens (including phenoxy) is 1. The summed E-state index contributed by atoms with van der Waals surface area (Å²) in [6, 6.07) is 4.68. The summed E-state index contributed by atoms with van der Waals surface area (Å²) in [4.78, 5) is 20.2. The van der Waals surface area contributed by atoms with Crippen LogP contribution >= 0.6 is 0 Å². The van der Waals surface area contributed by atoms with Crippen LogP contribution in [0.15, 0.2) is 41.7 Å². The van der Waals surface area contributed by atoms with E-state index >= 15 is 0 Å². The maximum atomic E-state index is 13.0. The number of carbonyl (C=O) groups is 1. The molecule has 0 bridgehead atoms. The largest absolute Gasteiger partial charge is 0.465 e. The van der Waals surface area contributed by atoms with E-state index in [0.29, 0.717) is 0 Å². The second-order valence-electron chi connectivity index (χ2n) is 6.46. The first-order valence-corrected chi connectivity index (χ1v) is 10.5. The van der Waals surface area contributed by atoms with Crippen molar-refractivity contribution in [1.29, 1.82) is 0 Å². The lowest BCUT2D eigenvalue weighted by atomic mass is 10.3. The van der Waals surface area contributed by atoms with Gasteiger partial charge in [-0.15, -0.1) is 5.10 Å². The maximum Gasteiger partial charge on any atom is 0.417 e. The van der Waals surface area contributed by atoms with Crippen LogP contribution in [0.3, 0.4) is 0 Å². The van der Waals surface area contributed by atoms with E-state index in [0.717, 1.165) is 22.8 Å². The number of hydrogen-bond acceptors (Lipinski definition) is 7. The number of methoxy groups -OCH3 is 1. The van der Waals surface area contributed by atoms with Crippen LogP contribution in [0, 0.1) is 0 Å². The summed E-state index contributed by atoms with van der Waals surface area (Å²) < 4.78 is 71.4. The first-order chi connectivity index (χ1) is 14.5. The molecule has 4 aromatic rings. The number of esters is 1. The summed E-state index contributed by atoms with van der Waals surface area (Å²) in [5, 5.41) is 3.78. The zero-order valence-corrected chi connectivity index (χ0v) is 16.9. The number of carbonyl (C=O) groups excluding carboxylic acids is 1. The molecule has 0 unspecified atom stereocenters. The Kier molecular flexibility index (Phi) is 4.72. The van der Waals surface area contributed by atoms with Gasteiger partial charge in [-0.25, -0.2) is 27.7 Å². The topological polar surface area (TPSA) is 108 Å². The molecule has 0 aromatic carbocycles. The summed E-state index contributed by atoms with van der Waals surface area (Å²) in [6.45, 7) is 1.44. The molecule has 0 aliphatic carbocycles. The molecule has 31 heavy (non-hydrogen) atoms. The number of imidazole rings is 1. The molecule has 0 fully saturated rings. The molecule has 0 atom stereocenters. The van der Waals surface area contributed by atoms with E-state index in [1.807, 2.05) is 0 Å². The number of rotatable bonds is 4. The zero-order chi connectivity index (χ0) is 22.6. The van der Waals surface area contributed by atoms with Gasteiger partial charge in [0, 0.05) is 12.4 Å². The lowest BCUT2D eigenvalue weighted by Gasteiger charge is -2.05. The lowest BCUT2D eigenvalue weighted by molar-refractivity contribution is -0.137. The number of alkyl halides is 3. The Morgan fingerprint density at radius 2 is 1.90 bits per heavy atom. The van der Waals surface area contributed by atoms with Crippen LogP contribution in [0.4, 0.5) is 13.2 Å². The van der Waals surface area contributed by atoms with Crippen molar-refractivity contribution >= 4 is 27.1 Å². The van der Waals surface area contributed by atoms with Gasteiger partial charge in [0.15, 0.2) is 20.5 Å². The Morgan fingerprint density at radius 3 is 2.55 bits per heavy atom. The van der Waals surface area contributed by atoms with Gasteiger partial charge >= 0.3 is 12.1 Å². The van der Waals surface area contributed by atoms with E-state index in [4.69, 9.17) is 0 Å². The number of fused-ring (bicyclic) bond motifs is 2. The Hall–Kier alpha value is -3.48. The number of aromatic nitrogens is 5. The third-order valence-corrected chi connectivity index (χ3v) is 6.29. The number of pyridine rings is 2. The van der Waals surface area contributed by atoms with Crippen molar-refractivity contribution in [2.24, 2.45) is 0 Å². The van der Waals surface area contributed by atoms with Crippen LogP contribution in [0.5, 0.6) is 0 Å². The van der Waals surface area contributed by atoms with Crippen molar-refractivity contribution in [3.8, 4) is 11.5 Å². The number of sulfone groups is 1. The van der Waals surface area contributed by atoms with Crippen LogP contribution in [0.1, 0.15) is 22.8 Å². The highest BCUT2D eigenvalue weighted by Crippen LogP contribution is 2.31. The summed E-state index contributed by atoms with van der Waals surface area (Å²) in [6.07, 6.45) is -2.48. The van der Waals surface area contributed by atoms with Gasteiger partial charge in [0.1, 0.15) is 11.3 Å². The molecule has 4 rings (SSSR count). The molecule has 0 aliphatic heterocycles. The van der Waals surface area contributed by atoms with E-state index in [2.05, 4.69) is 19.8 Å². The second-order valence-corrected chi connectivity index (χ2v) is 8.65. The fraction of sp³-hybridized carbons (Fsp3) is 0.222. The fourth-order valence-electron chi connectivity index (χ4n) is 3.00. The average molecular weight is 453 g/mol. The SMILES string of the molecule is CCS(=O)(=O)c1c(-c2nc3ccc(C(F)(F)F)cn3n2)nc2cc(C(=O)OC)ccn12. The second kappa shape index (κ2) is 7.04. The summed E-state index contributed by atoms with van der Waals surface area (Å²) >= 11 is 0. The van der Waals surface area contributed by atoms with Gasteiger partial charge in [-0.3, -0.25) is 4.40 Å². The molecule has 0 radical (unpaired) electrons.